The summed E-state index contributed by atoms with van der Waals surface area (Å²) in [7, 11) is 0. The highest BCUT2D eigenvalue weighted by Gasteiger charge is 2.69. The number of halogens is 3. The quantitative estimate of drug-likeness (QED) is 0.624. The molecule has 0 bridgehead atoms. The lowest BCUT2D eigenvalue weighted by Crippen LogP contribution is -2.21. The van der Waals surface area contributed by atoms with Crippen molar-refractivity contribution in [1.29, 1.82) is 0 Å². The van der Waals surface area contributed by atoms with Gasteiger partial charge in [-0.2, -0.15) is 0 Å². The first-order valence-corrected chi connectivity index (χ1v) is 5.90. The monoisotopic (exact) mass is 276 g/mol. The van der Waals surface area contributed by atoms with E-state index in [2.05, 4.69) is 0 Å². The number of rotatable bonds is 3. The van der Waals surface area contributed by atoms with Crippen molar-refractivity contribution in [3.05, 3.63) is 35.6 Å². The van der Waals surface area contributed by atoms with Crippen molar-refractivity contribution in [2.45, 2.75) is 24.3 Å². The topological polar surface area (TPSA) is 26.3 Å². The Hall–Kier alpha value is -0.800. The second kappa shape index (κ2) is 4.14. The van der Waals surface area contributed by atoms with E-state index in [1.165, 1.54) is 12.1 Å². The van der Waals surface area contributed by atoms with Gasteiger partial charge in [-0.15, -0.1) is 23.2 Å². The highest BCUT2D eigenvalue weighted by molar-refractivity contribution is 6.53. The van der Waals surface area contributed by atoms with Crippen LogP contribution >= 0.6 is 23.2 Å². The molecule has 17 heavy (non-hydrogen) atoms. The van der Waals surface area contributed by atoms with Crippen molar-refractivity contribution in [1.82, 2.24) is 0 Å². The summed E-state index contributed by atoms with van der Waals surface area (Å²) in [6, 6.07) is 5.75. The third kappa shape index (κ3) is 2.40. The van der Waals surface area contributed by atoms with Gasteiger partial charge in [0.15, 0.2) is 0 Å². The molecule has 1 fully saturated rings. The van der Waals surface area contributed by atoms with E-state index in [0.717, 1.165) is 5.56 Å². The first-order chi connectivity index (χ1) is 7.85. The molecule has 1 saturated carbocycles. The van der Waals surface area contributed by atoms with Crippen molar-refractivity contribution in [2.24, 2.45) is 5.41 Å². The number of carbonyl (C=O) groups excluding carboxylic acids is 1. The molecule has 0 radical (unpaired) electrons. The van der Waals surface area contributed by atoms with Crippen molar-refractivity contribution in [2.75, 3.05) is 0 Å². The number of benzene rings is 1. The Labute approximate surface area is 109 Å². The van der Waals surface area contributed by atoms with Crippen molar-refractivity contribution in [3.63, 3.8) is 0 Å². The summed E-state index contributed by atoms with van der Waals surface area (Å²) < 4.78 is 16.7. The molecule has 1 aromatic rings. The lowest BCUT2D eigenvalue weighted by Gasteiger charge is -2.11. The Morgan fingerprint density at radius 2 is 1.94 bits per heavy atom. The number of alkyl halides is 2. The molecule has 0 spiro atoms. The molecule has 1 aliphatic carbocycles. The summed E-state index contributed by atoms with van der Waals surface area (Å²) >= 11 is 11.7. The van der Waals surface area contributed by atoms with E-state index in [1.54, 1.807) is 19.1 Å². The van der Waals surface area contributed by atoms with Gasteiger partial charge in [-0.25, -0.2) is 4.39 Å². The molecule has 1 aromatic carbocycles. The summed E-state index contributed by atoms with van der Waals surface area (Å²) in [6.07, 6.45) is 0.394. The molecule has 1 atom stereocenters. The fourth-order valence-corrected chi connectivity index (χ4v) is 2.20. The summed E-state index contributed by atoms with van der Waals surface area (Å²) in [4.78, 5) is 11.7. The molecule has 0 amide bonds. The van der Waals surface area contributed by atoms with Crippen molar-refractivity contribution >= 4 is 29.2 Å². The van der Waals surface area contributed by atoms with Crippen LogP contribution in [-0.4, -0.2) is 10.3 Å². The molecule has 2 rings (SSSR count). The highest BCUT2D eigenvalue weighted by atomic mass is 35.5. The van der Waals surface area contributed by atoms with E-state index >= 15 is 0 Å². The van der Waals surface area contributed by atoms with E-state index < -0.39 is 15.7 Å². The Morgan fingerprint density at radius 3 is 2.41 bits per heavy atom. The Morgan fingerprint density at radius 1 is 1.41 bits per heavy atom. The number of hydrogen-bond acceptors (Lipinski definition) is 2. The smallest absolute Gasteiger partial charge is 0.315 e. The standard InChI is InChI=1S/C12H11Cl2FO2/c1-11(7-12(11,13)14)10(16)17-6-8-2-4-9(15)5-3-8/h2-5H,6-7H2,1H3. The normalized spacial score (nSPS) is 25.4. The summed E-state index contributed by atoms with van der Waals surface area (Å²) in [5, 5.41) is 0. The van der Waals surface area contributed by atoms with Crippen LogP contribution in [0.3, 0.4) is 0 Å². The van der Waals surface area contributed by atoms with Gasteiger partial charge < -0.3 is 4.74 Å². The van der Waals surface area contributed by atoms with E-state index in [0.29, 0.717) is 6.42 Å². The first kappa shape index (κ1) is 12.7. The van der Waals surface area contributed by atoms with Crippen LogP contribution in [0.15, 0.2) is 24.3 Å². The van der Waals surface area contributed by atoms with Gasteiger partial charge in [-0.3, -0.25) is 4.79 Å². The Kier molecular flexibility index (Phi) is 3.08. The Bertz CT molecular complexity index is 444. The molecule has 0 heterocycles. The van der Waals surface area contributed by atoms with Crippen LogP contribution in [0, 0.1) is 11.2 Å². The van der Waals surface area contributed by atoms with Gasteiger partial charge in [0.1, 0.15) is 22.2 Å². The molecule has 1 aliphatic rings. The second-order valence-electron chi connectivity index (χ2n) is 4.42. The molecule has 2 nitrogen and oxygen atoms in total. The number of ether oxygens (including phenoxy) is 1. The minimum Gasteiger partial charge on any atom is -0.460 e. The van der Waals surface area contributed by atoms with E-state index in [4.69, 9.17) is 27.9 Å². The third-order valence-corrected chi connectivity index (χ3v) is 4.09. The van der Waals surface area contributed by atoms with Crippen molar-refractivity contribution in [3.8, 4) is 0 Å². The molecule has 92 valence electrons. The predicted molar refractivity (Wildman–Crippen MR) is 63.4 cm³/mol. The summed E-state index contributed by atoms with van der Waals surface area (Å²) in [5.41, 5.74) is -0.102. The van der Waals surface area contributed by atoms with Gasteiger partial charge in [-0.1, -0.05) is 12.1 Å². The zero-order valence-electron chi connectivity index (χ0n) is 9.17. The minimum absolute atomic E-state index is 0.0958. The van der Waals surface area contributed by atoms with Crippen LogP contribution in [0.1, 0.15) is 18.9 Å². The van der Waals surface area contributed by atoms with Crippen LogP contribution < -0.4 is 0 Å². The van der Waals surface area contributed by atoms with Gasteiger partial charge in [0.05, 0.1) is 0 Å². The van der Waals surface area contributed by atoms with Crippen LogP contribution in [0.2, 0.25) is 0 Å². The first-order valence-electron chi connectivity index (χ1n) is 5.15. The van der Waals surface area contributed by atoms with Crippen LogP contribution in [-0.2, 0) is 16.1 Å². The molecule has 1 unspecified atom stereocenters. The zero-order valence-corrected chi connectivity index (χ0v) is 10.7. The predicted octanol–water partition coefficient (Wildman–Crippen LogP) is 3.45. The van der Waals surface area contributed by atoms with Crippen LogP contribution in [0.5, 0.6) is 0 Å². The molecule has 0 aromatic heterocycles. The third-order valence-electron chi connectivity index (χ3n) is 2.99. The van der Waals surface area contributed by atoms with Gasteiger partial charge in [0, 0.05) is 6.42 Å². The molecule has 0 N–H and O–H groups in total. The second-order valence-corrected chi connectivity index (χ2v) is 5.90. The van der Waals surface area contributed by atoms with E-state index in [1.807, 2.05) is 0 Å². The maximum atomic E-state index is 12.6. The summed E-state index contributed by atoms with van der Waals surface area (Å²) in [6.45, 7) is 1.76. The largest absolute Gasteiger partial charge is 0.460 e. The highest BCUT2D eigenvalue weighted by Crippen LogP contribution is 2.64. The number of hydrogen-bond donors (Lipinski definition) is 0. The fraction of sp³-hybridized carbons (Fsp3) is 0.417. The maximum absolute atomic E-state index is 12.6. The SMILES string of the molecule is CC1(C(=O)OCc2ccc(F)cc2)CC1(Cl)Cl. The Balaban J connectivity index is 1.91. The number of esters is 1. The number of carbonyl (C=O) groups is 1. The molecule has 5 heteroatoms. The van der Waals surface area contributed by atoms with Gasteiger partial charge in [0.2, 0.25) is 0 Å². The molecule has 0 aliphatic heterocycles. The lowest BCUT2D eigenvalue weighted by atomic mass is 10.1. The fourth-order valence-electron chi connectivity index (χ4n) is 1.51. The average molecular weight is 277 g/mol. The zero-order chi connectivity index (χ0) is 12.7. The molecule has 0 saturated heterocycles. The lowest BCUT2D eigenvalue weighted by molar-refractivity contribution is -0.150. The average Bonchev–Trinajstić information content (AvgIpc) is 2.78. The van der Waals surface area contributed by atoms with Gasteiger partial charge in [-0.05, 0) is 24.6 Å². The molecular weight excluding hydrogens is 266 g/mol. The minimum atomic E-state index is -1.02. The maximum Gasteiger partial charge on any atom is 0.315 e. The molecular formula is C12H11Cl2FO2. The van der Waals surface area contributed by atoms with Gasteiger partial charge >= 0.3 is 5.97 Å². The van der Waals surface area contributed by atoms with E-state index in [9.17, 15) is 9.18 Å². The summed E-state index contributed by atoms with van der Waals surface area (Å²) in [5.74, 6) is -0.749. The van der Waals surface area contributed by atoms with Crippen LogP contribution in [0.4, 0.5) is 4.39 Å². The van der Waals surface area contributed by atoms with Crippen LogP contribution in [0.25, 0.3) is 0 Å². The van der Waals surface area contributed by atoms with Crippen molar-refractivity contribution < 1.29 is 13.9 Å². The van der Waals surface area contributed by atoms with Gasteiger partial charge in [0.25, 0.3) is 0 Å². The van der Waals surface area contributed by atoms with E-state index in [-0.39, 0.29) is 12.4 Å².